The molecule has 2 aromatic rings. The fourth-order valence-corrected chi connectivity index (χ4v) is 3.26. The molecule has 1 aromatic heterocycles. The van der Waals surface area contributed by atoms with Gasteiger partial charge < -0.3 is 0 Å². The summed E-state index contributed by atoms with van der Waals surface area (Å²) in [6, 6.07) is 3.56. The van der Waals surface area contributed by atoms with E-state index in [0.29, 0.717) is 24.3 Å². The van der Waals surface area contributed by atoms with Gasteiger partial charge in [-0.3, -0.25) is 13.9 Å². The molecule has 1 heterocycles. The Labute approximate surface area is 151 Å². The Morgan fingerprint density at radius 2 is 1.78 bits per heavy atom. The molecule has 0 radical (unpaired) electrons. The first-order valence-corrected chi connectivity index (χ1v) is 7.87. The third-order valence-electron chi connectivity index (χ3n) is 3.09. The molecule has 0 bridgehead atoms. The fourth-order valence-electron chi connectivity index (χ4n) is 1.98. The summed E-state index contributed by atoms with van der Waals surface area (Å²) in [4.78, 5) is 24.0. The number of nitrogens with zero attached hydrogens (tertiary/aromatic N) is 2. The van der Waals surface area contributed by atoms with Gasteiger partial charge in [-0.15, -0.1) is 0 Å². The molecular weight excluding hydrogens is 471 g/mol. The number of benzene rings is 1. The lowest BCUT2D eigenvalue weighted by Crippen LogP contribution is -2.41. The van der Waals surface area contributed by atoms with Crippen LogP contribution in [0.5, 0.6) is 0 Å². The van der Waals surface area contributed by atoms with Crippen LogP contribution in [0.2, 0.25) is 10.0 Å². The molecule has 1 aromatic carbocycles. The van der Waals surface area contributed by atoms with E-state index in [1.54, 1.807) is 12.1 Å². The molecule has 10 heteroatoms. The molecule has 4 nitrogen and oxygen atoms in total. The lowest BCUT2D eigenvalue weighted by Gasteiger charge is -2.14. The summed E-state index contributed by atoms with van der Waals surface area (Å²) < 4.78 is 40.1. The Morgan fingerprint density at radius 3 is 2.35 bits per heavy atom. The summed E-state index contributed by atoms with van der Waals surface area (Å²) >= 11 is 13.9. The van der Waals surface area contributed by atoms with Crippen LogP contribution in [0.15, 0.2) is 27.8 Å². The predicted molar refractivity (Wildman–Crippen MR) is 89.2 cm³/mol. The molecule has 0 atom stereocenters. The van der Waals surface area contributed by atoms with Crippen molar-refractivity contribution < 1.29 is 13.2 Å². The minimum absolute atomic E-state index is 0.140. The molecule has 0 aliphatic heterocycles. The maximum absolute atomic E-state index is 12.8. The highest BCUT2D eigenvalue weighted by molar-refractivity contribution is 14.1. The Bertz CT molecular complexity index is 890. The molecule has 23 heavy (non-hydrogen) atoms. The number of rotatable bonds is 2. The van der Waals surface area contributed by atoms with Gasteiger partial charge in [0.15, 0.2) is 0 Å². The highest BCUT2D eigenvalue weighted by atomic mass is 127. The molecule has 0 amide bonds. The third-order valence-corrected chi connectivity index (χ3v) is 4.56. The number of alkyl halides is 3. The molecule has 0 N–H and O–H groups in total. The van der Waals surface area contributed by atoms with E-state index in [1.807, 2.05) is 22.6 Å². The second-order valence-corrected chi connectivity index (χ2v) is 6.68. The quantitative estimate of drug-likeness (QED) is 0.489. The molecular formula is C13H8Cl2F3IN2O2. The van der Waals surface area contributed by atoms with E-state index in [4.69, 9.17) is 23.2 Å². The lowest BCUT2D eigenvalue weighted by atomic mass is 10.2. The smallest absolute Gasteiger partial charge is 0.292 e. The second-order valence-electron chi connectivity index (χ2n) is 4.65. The van der Waals surface area contributed by atoms with Crippen LogP contribution in [-0.2, 0) is 19.8 Å². The monoisotopic (exact) mass is 478 g/mol. The van der Waals surface area contributed by atoms with Crippen molar-refractivity contribution in [1.82, 2.24) is 9.13 Å². The Hall–Kier alpha value is -1.00. The minimum Gasteiger partial charge on any atom is -0.292 e. The van der Waals surface area contributed by atoms with Gasteiger partial charge in [0.25, 0.3) is 5.56 Å². The second kappa shape index (κ2) is 6.48. The summed E-state index contributed by atoms with van der Waals surface area (Å²) in [6.45, 7) is -0.279. The van der Waals surface area contributed by atoms with Crippen molar-refractivity contribution in [1.29, 1.82) is 0 Å². The van der Waals surface area contributed by atoms with Crippen molar-refractivity contribution >= 4 is 45.8 Å². The first-order valence-electron chi connectivity index (χ1n) is 6.04. The predicted octanol–water partition coefficient (Wildman–Crippen LogP) is 3.53. The molecule has 0 spiro atoms. The Morgan fingerprint density at radius 1 is 1.17 bits per heavy atom. The zero-order chi connectivity index (χ0) is 17.5. The van der Waals surface area contributed by atoms with E-state index >= 15 is 0 Å². The summed E-state index contributed by atoms with van der Waals surface area (Å²) in [7, 11) is 0.949. The van der Waals surface area contributed by atoms with Gasteiger partial charge in [0.05, 0.1) is 16.6 Å². The molecule has 0 saturated heterocycles. The van der Waals surface area contributed by atoms with Crippen molar-refractivity contribution in [3.8, 4) is 0 Å². The molecule has 2 rings (SSSR count). The van der Waals surface area contributed by atoms with Gasteiger partial charge in [-0.1, -0.05) is 23.2 Å². The normalized spacial score (nSPS) is 11.8. The molecule has 124 valence electrons. The Kier molecular flexibility index (Phi) is 5.17. The van der Waals surface area contributed by atoms with Crippen LogP contribution >= 0.6 is 45.8 Å². The van der Waals surface area contributed by atoms with Crippen LogP contribution in [0.4, 0.5) is 13.2 Å². The first kappa shape index (κ1) is 18.3. The van der Waals surface area contributed by atoms with Crippen molar-refractivity contribution in [2.45, 2.75) is 12.7 Å². The van der Waals surface area contributed by atoms with E-state index in [1.165, 1.54) is 0 Å². The average Bonchev–Trinajstić information content (AvgIpc) is 2.42. The largest absolute Gasteiger partial charge is 0.431 e. The Balaban J connectivity index is 2.62. The number of halogens is 6. The zero-order valence-corrected chi connectivity index (χ0v) is 15.1. The summed E-state index contributed by atoms with van der Waals surface area (Å²) in [5.41, 5.74) is -3.10. The number of aromatic nitrogens is 2. The van der Waals surface area contributed by atoms with Gasteiger partial charge in [0.2, 0.25) is 0 Å². The van der Waals surface area contributed by atoms with E-state index in [0.717, 1.165) is 7.05 Å². The zero-order valence-electron chi connectivity index (χ0n) is 11.4. The van der Waals surface area contributed by atoms with Crippen LogP contribution in [0.25, 0.3) is 0 Å². The summed E-state index contributed by atoms with van der Waals surface area (Å²) in [5, 5.41) is 0.367. The minimum atomic E-state index is -4.80. The topological polar surface area (TPSA) is 44.0 Å². The van der Waals surface area contributed by atoms with Gasteiger partial charge in [-0.2, -0.15) is 13.2 Å². The molecule has 0 aliphatic carbocycles. The summed E-state index contributed by atoms with van der Waals surface area (Å²) in [5.74, 6) is 0. The molecule has 0 unspecified atom stereocenters. The van der Waals surface area contributed by atoms with Crippen molar-refractivity contribution in [2.24, 2.45) is 7.05 Å². The number of hydrogen-bond donors (Lipinski definition) is 0. The van der Waals surface area contributed by atoms with Crippen molar-refractivity contribution in [2.75, 3.05) is 0 Å². The van der Waals surface area contributed by atoms with E-state index in [-0.39, 0.29) is 16.6 Å². The maximum atomic E-state index is 12.8. The first-order chi connectivity index (χ1) is 10.5. The van der Waals surface area contributed by atoms with Crippen molar-refractivity contribution in [3.63, 3.8) is 0 Å². The lowest BCUT2D eigenvalue weighted by molar-refractivity contribution is -0.144. The van der Waals surface area contributed by atoms with Crippen LogP contribution in [-0.4, -0.2) is 9.13 Å². The van der Waals surface area contributed by atoms with Crippen LogP contribution in [0.1, 0.15) is 11.3 Å². The fraction of sp³-hybridized carbons (Fsp3) is 0.231. The van der Waals surface area contributed by atoms with Gasteiger partial charge >= 0.3 is 11.9 Å². The van der Waals surface area contributed by atoms with Gasteiger partial charge in [-0.05, 0) is 40.3 Å². The van der Waals surface area contributed by atoms with Gasteiger partial charge in [0, 0.05) is 16.7 Å². The van der Waals surface area contributed by atoms with Crippen molar-refractivity contribution in [3.05, 3.63) is 63.9 Å². The highest BCUT2D eigenvalue weighted by Crippen LogP contribution is 2.29. The van der Waals surface area contributed by atoms with E-state index in [9.17, 15) is 22.8 Å². The summed E-state index contributed by atoms with van der Waals surface area (Å²) in [6.07, 6.45) is -4.80. The average molecular weight is 479 g/mol. The maximum Gasteiger partial charge on any atom is 0.431 e. The molecule has 0 aliphatic rings. The number of hydrogen-bond acceptors (Lipinski definition) is 2. The van der Waals surface area contributed by atoms with E-state index < -0.39 is 23.1 Å². The molecule has 0 saturated carbocycles. The van der Waals surface area contributed by atoms with Crippen LogP contribution in [0.3, 0.4) is 0 Å². The highest BCUT2D eigenvalue weighted by Gasteiger charge is 2.34. The third kappa shape index (κ3) is 3.74. The van der Waals surface area contributed by atoms with E-state index in [2.05, 4.69) is 0 Å². The van der Waals surface area contributed by atoms with Crippen LogP contribution in [0, 0.1) is 3.57 Å². The van der Waals surface area contributed by atoms with Crippen LogP contribution < -0.4 is 11.2 Å². The van der Waals surface area contributed by atoms with Gasteiger partial charge in [0.1, 0.15) is 5.69 Å². The SMILES string of the molecule is Cn1c(C(F)(F)F)cc(=O)n(Cc2cc(I)cc(Cl)c2Cl)c1=O. The standard InChI is InChI=1S/C13H8Cl2F3IN2O2/c1-20-9(13(16,17)18)4-10(22)21(12(20)23)5-6-2-7(19)3-8(14)11(6)15/h2-4H,5H2,1H3. The van der Waals surface area contributed by atoms with Gasteiger partial charge in [-0.25, -0.2) is 4.79 Å². The molecule has 0 fully saturated rings.